The molecule has 0 heterocycles. The molecule has 0 bridgehead atoms. The van der Waals surface area contributed by atoms with E-state index in [0.717, 1.165) is 19.3 Å². The fraction of sp³-hybridized carbons (Fsp3) is 0.462. The van der Waals surface area contributed by atoms with Crippen molar-refractivity contribution in [2.24, 2.45) is 0 Å². The van der Waals surface area contributed by atoms with E-state index in [1.165, 1.54) is 7.11 Å². The topological polar surface area (TPSA) is 38.3 Å². The van der Waals surface area contributed by atoms with Crippen molar-refractivity contribution in [1.29, 1.82) is 0 Å². The maximum Gasteiger partial charge on any atom is 0.251 e. The third-order valence-corrected chi connectivity index (χ3v) is 3.09. The Morgan fingerprint density at radius 3 is 2.39 bits per heavy atom. The lowest BCUT2D eigenvalue weighted by Crippen LogP contribution is -2.24. The molecule has 3 nitrogen and oxygen atoms in total. The van der Waals surface area contributed by atoms with Gasteiger partial charge in [-0.3, -0.25) is 4.79 Å². The molecule has 18 heavy (non-hydrogen) atoms. The molecule has 0 aliphatic rings. The summed E-state index contributed by atoms with van der Waals surface area (Å²) in [6, 6.07) is 3.11. The lowest BCUT2D eigenvalue weighted by Gasteiger charge is -2.09. The monoisotopic (exact) mass is 289 g/mol. The Kier molecular flexibility index (Phi) is 6.30. The molecule has 5 heteroatoms. The summed E-state index contributed by atoms with van der Waals surface area (Å²) in [4.78, 5) is 11.8. The van der Waals surface area contributed by atoms with Gasteiger partial charge in [0.25, 0.3) is 5.91 Å². The molecular weight excluding hydrogens is 273 g/mol. The van der Waals surface area contributed by atoms with Gasteiger partial charge in [0.05, 0.1) is 17.2 Å². The summed E-state index contributed by atoms with van der Waals surface area (Å²) >= 11 is 11.9. The largest absolute Gasteiger partial charge is 0.494 e. The first-order valence-corrected chi connectivity index (χ1v) is 6.67. The second-order valence-corrected chi connectivity index (χ2v) is 4.75. The molecule has 100 valence electrons. The van der Waals surface area contributed by atoms with Crippen molar-refractivity contribution in [3.05, 3.63) is 27.7 Å². The van der Waals surface area contributed by atoms with Crippen LogP contribution in [0.5, 0.6) is 5.75 Å². The molecule has 0 aromatic heterocycles. The molecule has 0 radical (unpaired) electrons. The number of rotatable bonds is 6. The summed E-state index contributed by atoms with van der Waals surface area (Å²) in [6.07, 6.45) is 3.19. The number of ether oxygens (including phenoxy) is 1. The Hall–Kier alpha value is -0.930. The molecule has 0 aliphatic carbocycles. The van der Waals surface area contributed by atoms with Crippen molar-refractivity contribution in [3.8, 4) is 5.75 Å². The molecule has 0 atom stereocenters. The molecule has 0 saturated heterocycles. The third kappa shape index (κ3) is 4.07. The van der Waals surface area contributed by atoms with E-state index in [9.17, 15) is 4.79 Å². The highest BCUT2D eigenvalue weighted by atomic mass is 35.5. The fourth-order valence-electron chi connectivity index (χ4n) is 1.56. The summed E-state index contributed by atoms with van der Waals surface area (Å²) in [7, 11) is 1.48. The number of methoxy groups -OCH3 is 1. The normalized spacial score (nSPS) is 10.2. The zero-order valence-corrected chi connectivity index (χ0v) is 12.1. The van der Waals surface area contributed by atoms with Crippen LogP contribution < -0.4 is 10.1 Å². The molecule has 0 saturated carbocycles. The lowest BCUT2D eigenvalue weighted by atomic mass is 10.2. The van der Waals surface area contributed by atoms with Crippen molar-refractivity contribution >= 4 is 29.1 Å². The van der Waals surface area contributed by atoms with E-state index in [2.05, 4.69) is 12.2 Å². The van der Waals surface area contributed by atoms with Crippen LogP contribution in [0.2, 0.25) is 10.0 Å². The van der Waals surface area contributed by atoms with Crippen molar-refractivity contribution in [2.75, 3.05) is 13.7 Å². The van der Waals surface area contributed by atoms with Gasteiger partial charge in [-0.1, -0.05) is 43.0 Å². The van der Waals surface area contributed by atoms with Gasteiger partial charge in [-0.2, -0.15) is 0 Å². The van der Waals surface area contributed by atoms with Gasteiger partial charge in [0, 0.05) is 12.1 Å². The predicted octanol–water partition coefficient (Wildman–Crippen LogP) is 3.92. The minimum Gasteiger partial charge on any atom is -0.494 e. The van der Waals surface area contributed by atoms with Gasteiger partial charge < -0.3 is 10.1 Å². The minimum absolute atomic E-state index is 0.169. The molecule has 1 N–H and O–H groups in total. The quantitative estimate of drug-likeness (QED) is 0.806. The van der Waals surface area contributed by atoms with Crippen molar-refractivity contribution in [3.63, 3.8) is 0 Å². The summed E-state index contributed by atoms with van der Waals surface area (Å²) < 4.78 is 5.03. The maximum absolute atomic E-state index is 11.8. The fourth-order valence-corrected chi connectivity index (χ4v) is 2.21. The number of benzene rings is 1. The molecule has 1 aromatic rings. The van der Waals surface area contributed by atoms with Gasteiger partial charge in [0.2, 0.25) is 0 Å². The third-order valence-electron chi connectivity index (χ3n) is 2.53. The van der Waals surface area contributed by atoms with Gasteiger partial charge in [-0.25, -0.2) is 0 Å². The summed E-state index contributed by atoms with van der Waals surface area (Å²) in [5.74, 6) is 0.221. The van der Waals surface area contributed by atoms with E-state index in [4.69, 9.17) is 27.9 Å². The average Bonchev–Trinajstić information content (AvgIpc) is 2.34. The minimum atomic E-state index is -0.169. The van der Waals surface area contributed by atoms with Gasteiger partial charge in [0.1, 0.15) is 0 Å². The van der Waals surface area contributed by atoms with Crippen LogP contribution in [0.25, 0.3) is 0 Å². The number of hydrogen-bond donors (Lipinski definition) is 1. The molecule has 0 unspecified atom stereocenters. The summed E-state index contributed by atoms with van der Waals surface area (Å²) in [5.41, 5.74) is 0.447. The van der Waals surface area contributed by atoms with Crippen LogP contribution in [0, 0.1) is 0 Å². The first-order chi connectivity index (χ1) is 8.60. The summed E-state index contributed by atoms with van der Waals surface area (Å²) in [6.45, 7) is 2.78. The Morgan fingerprint density at radius 2 is 1.89 bits per heavy atom. The molecule has 0 aliphatic heterocycles. The van der Waals surface area contributed by atoms with E-state index >= 15 is 0 Å². The molecule has 0 fully saturated rings. The smallest absolute Gasteiger partial charge is 0.251 e. The van der Waals surface area contributed by atoms with Gasteiger partial charge >= 0.3 is 0 Å². The number of nitrogens with one attached hydrogen (secondary N) is 1. The standard InChI is InChI=1S/C13H17Cl2NO2/c1-3-4-5-6-16-13(17)9-7-10(14)12(18-2)11(15)8-9/h7-8H,3-6H2,1-2H3,(H,16,17). The first kappa shape index (κ1) is 15.1. The van der Waals surface area contributed by atoms with Crippen LogP contribution in [0.1, 0.15) is 36.5 Å². The number of halogens is 2. The molecular formula is C13H17Cl2NO2. The van der Waals surface area contributed by atoms with Crippen molar-refractivity contribution in [1.82, 2.24) is 5.32 Å². The highest BCUT2D eigenvalue weighted by Crippen LogP contribution is 2.33. The van der Waals surface area contributed by atoms with Crippen LogP contribution in [-0.2, 0) is 0 Å². The molecule has 1 rings (SSSR count). The highest BCUT2D eigenvalue weighted by molar-refractivity contribution is 6.37. The maximum atomic E-state index is 11.8. The SMILES string of the molecule is CCCCCNC(=O)c1cc(Cl)c(OC)c(Cl)c1. The predicted molar refractivity (Wildman–Crippen MR) is 74.9 cm³/mol. The van der Waals surface area contributed by atoms with E-state index < -0.39 is 0 Å². The van der Waals surface area contributed by atoms with Gasteiger partial charge in [0.15, 0.2) is 5.75 Å². The number of unbranched alkanes of at least 4 members (excludes halogenated alkanes) is 2. The van der Waals surface area contributed by atoms with Crippen LogP contribution >= 0.6 is 23.2 Å². The van der Waals surface area contributed by atoms with E-state index in [0.29, 0.717) is 27.9 Å². The number of amides is 1. The Morgan fingerprint density at radius 1 is 1.28 bits per heavy atom. The molecule has 1 aromatic carbocycles. The lowest BCUT2D eigenvalue weighted by molar-refractivity contribution is 0.0953. The van der Waals surface area contributed by atoms with E-state index in [1.54, 1.807) is 12.1 Å². The second-order valence-electron chi connectivity index (χ2n) is 3.94. The molecule has 1 amide bonds. The van der Waals surface area contributed by atoms with Crippen LogP contribution in [0.15, 0.2) is 12.1 Å². The van der Waals surface area contributed by atoms with Crippen LogP contribution in [-0.4, -0.2) is 19.6 Å². The second kappa shape index (κ2) is 7.49. The van der Waals surface area contributed by atoms with E-state index in [-0.39, 0.29) is 5.91 Å². The number of carbonyl (C=O) groups excluding carboxylic acids is 1. The van der Waals surface area contributed by atoms with Crippen LogP contribution in [0.3, 0.4) is 0 Å². The van der Waals surface area contributed by atoms with Gasteiger partial charge in [-0.15, -0.1) is 0 Å². The zero-order valence-electron chi connectivity index (χ0n) is 10.6. The van der Waals surface area contributed by atoms with Crippen LogP contribution in [0.4, 0.5) is 0 Å². The Balaban J connectivity index is 2.69. The first-order valence-electron chi connectivity index (χ1n) is 5.91. The number of carbonyl (C=O) groups is 1. The summed E-state index contributed by atoms with van der Waals surface area (Å²) in [5, 5.41) is 3.50. The zero-order chi connectivity index (χ0) is 13.5. The average molecular weight is 290 g/mol. The Bertz CT molecular complexity index is 398. The Labute approximate surface area is 117 Å². The highest BCUT2D eigenvalue weighted by Gasteiger charge is 2.12. The van der Waals surface area contributed by atoms with Crippen molar-refractivity contribution in [2.45, 2.75) is 26.2 Å². The van der Waals surface area contributed by atoms with Gasteiger partial charge in [-0.05, 0) is 18.6 Å². The van der Waals surface area contributed by atoms with E-state index in [1.807, 2.05) is 0 Å². The van der Waals surface area contributed by atoms with Crippen molar-refractivity contribution < 1.29 is 9.53 Å². The molecule has 0 spiro atoms. The number of hydrogen-bond acceptors (Lipinski definition) is 2.